The maximum atomic E-state index is 14.2. The number of piperidine rings is 1. The van der Waals surface area contributed by atoms with Gasteiger partial charge in [0, 0.05) is 29.8 Å². The Labute approximate surface area is 194 Å². The van der Waals surface area contributed by atoms with Crippen LogP contribution in [0.5, 0.6) is 0 Å². The number of carbonyl (C=O) groups excluding carboxylic acids is 3. The molecule has 34 heavy (non-hydrogen) atoms. The molecule has 1 aliphatic carbocycles. The third-order valence-electron chi connectivity index (χ3n) is 8.49. The summed E-state index contributed by atoms with van der Waals surface area (Å²) < 4.78 is 28.3. The van der Waals surface area contributed by atoms with Crippen molar-refractivity contribution in [2.45, 2.75) is 32.7 Å². The molecule has 1 aromatic heterocycles. The van der Waals surface area contributed by atoms with Crippen LogP contribution in [0.15, 0.2) is 18.2 Å². The molecule has 0 spiro atoms. The number of likely N-dealkylation sites (tertiary alicyclic amines) is 1. The van der Waals surface area contributed by atoms with E-state index in [4.69, 9.17) is 5.73 Å². The number of nitrogens with zero attached hydrogens (tertiary/aromatic N) is 2. The van der Waals surface area contributed by atoms with E-state index in [9.17, 15) is 28.4 Å². The number of benzene rings is 1. The van der Waals surface area contributed by atoms with Crippen molar-refractivity contribution >= 4 is 28.6 Å². The lowest BCUT2D eigenvalue weighted by Gasteiger charge is -2.36. The van der Waals surface area contributed by atoms with E-state index in [2.05, 4.69) is 16.4 Å². The quantitative estimate of drug-likeness (QED) is 0.618. The van der Waals surface area contributed by atoms with Gasteiger partial charge in [0.25, 0.3) is 5.91 Å². The number of H-pyrrole nitrogens is 1. The number of halogens is 2. The Balaban J connectivity index is 1.52. The summed E-state index contributed by atoms with van der Waals surface area (Å²) in [5.41, 5.74) is 4.25. The van der Waals surface area contributed by atoms with Crippen LogP contribution in [-0.4, -0.2) is 46.7 Å². The topological polar surface area (TPSA) is 132 Å². The number of aromatic nitrogens is 1. The number of aromatic amines is 1. The van der Waals surface area contributed by atoms with Crippen LogP contribution in [0.25, 0.3) is 10.9 Å². The molecule has 5 atom stereocenters. The van der Waals surface area contributed by atoms with Crippen molar-refractivity contribution in [2.24, 2.45) is 34.3 Å². The first-order valence-corrected chi connectivity index (χ1v) is 11.3. The summed E-state index contributed by atoms with van der Waals surface area (Å²) in [5.74, 6) is -4.06. The van der Waals surface area contributed by atoms with Gasteiger partial charge in [-0.3, -0.25) is 14.4 Å². The molecule has 3 fully saturated rings. The Morgan fingerprint density at radius 2 is 2.03 bits per heavy atom. The second kappa shape index (κ2) is 7.26. The summed E-state index contributed by atoms with van der Waals surface area (Å²) in [6.07, 6.45) is 0.880. The Bertz CT molecular complexity index is 1240. The van der Waals surface area contributed by atoms with Crippen molar-refractivity contribution in [2.75, 3.05) is 13.1 Å². The molecule has 8 nitrogen and oxygen atoms in total. The molecule has 0 radical (unpaired) electrons. The average Bonchev–Trinajstić information content (AvgIpc) is 3.33. The van der Waals surface area contributed by atoms with E-state index in [1.165, 1.54) is 11.0 Å². The monoisotopic (exact) mass is 469 g/mol. The second-order valence-corrected chi connectivity index (χ2v) is 10.2. The van der Waals surface area contributed by atoms with Gasteiger partial charge in [-0.2, -0.15) is 5.26 Å². The Morgan fingerprint density at radius 3 is 2.62 bits per heavy atom. The molecule has 3 unspecified atom stereocenters. The van der Waals surface area contributed by atoms with E-state index >= 15 is 0 Å². The van der Waals surface area contributed by atoms with Crippen LogP contribution in [0.2, 0.25) is 0 Å². The SMILES string of the molecule is CC1(C)C2CN(C(=O)c3cc4c(F)ccc(F)c4[nH]3)C(C(N)=O)C21[C@@H](C#N)C[C@H]1CCNC1=O. The number of nitriles is 1. The molecule has 3 amide bonds. The number of rotatable bonds is 5. The van der Waals surface area contributed by atoms with Gasteiger partial charge in [-0.05, 0) is 42.4 Å². The van der Waals surface area contributed by atoms with Gasteiger partial charge in [-0.1, -0.05) is 13.8 Å². The molecule has 178 valence electrons. The van der Waals surface area contributed by atoms with Crippen molar-refractivity contribution < 1.29 is 23.2 Å². The number of hydrogen-bond donors (Lipinski definition) is 3. The largest absolute Gasteiger partial charge is 0.368 e. The number of nitrogens with one attached hydrogen (secondary N) is 2. The number of hydrogen-bond acceptors (Lipinski definition) is 4. The van der Waals surface area contributed by atoms with Crippen LogP contribution in [-0.2, 0) is 9.59 Å². The average molecular weight is 469 g/mol. The predicted octanol–water partition coefficient (Wildman–Crippen LogP) is 2.06. The standard InChI is InChI=1S/C24H25F2N5O3/c1-23(2)17-10-31(22(34)16-8-13-14(25)3-4-15(26)18(13)30-16)19(20(28)32)24(17,23)12(9-27)7-11-5-6-29-21(11)33/h3-4,8,11-12,17,19,30H,5-7,10H2,1-2H3,(H2,28,32)(H,29,33)/t11-,12-,17?,19?,24?/m1/s1. The second-order valence-electron chi connectivity index (χ2n) is 10.2. The highest BCUT2D eigenvalue weighted by molar-refractivity contribution is 6.01. The fourth-order valence-corrected chi connectivity index (χ4v) is 6.83. The zero-order valence-electron chi connectivity index (χ0n) is 18.8. The Hall–Kier alpha value is -3.48. The molecule has 1 saturated carbocycles. The molecule has 1 aromatic carbocycles. The fraction of sp³-hybridized carbons (Fsp3) is 0.500. The fourth-order valence-electron chi connectivity index (χ4n) is 6.83. The van der Waals surface area contributed by atoms with Gasteiger partial charge in [0.2, 0.25) is 11.8 Å². The van der Waals surface area contributed by atoms with Gasteiger partial charge in [-0.15, -0.1) is 0 Å². The number of nitrogens with two attached hydrogens (primary N) is 1. The predicted molar refractivity (Wildman–Crippen MR) is 117 cm³/mol. The van der Waals surface area contributed by atoms with Gasteiger partial charge >= 0.3 is 0 Å². The minimum atomic E-state index is -1.09. The van der Waals surface area contributed by atoms with Gasteiger partial charge in [0.1, 0.15) is 23.4 Å². The number of fused-ring (bicyclic) bond motifs is 2. The maximum Gasteiger partial charge on any atom is 0.271 e. The molecule has 10 heteroatoms. The van der Waals surface area contributed by atoms with Crippen molar-refractivity contribution in [3.8, 4) is 6.07 Å². The molecule has 0 bridgehead atoms. The highest BCUT2D eigenvalue weighted by Crippen LogP contribution is 2.78. The number of amides is 3. The summed E-state index contributed by atoms with van der Waals surface area (Å²) in [5, 5.41) is 12.8. The van der Waals surface area contributed by atoms with E-state index in [0.29, 0.717) is 13.0 Å². The molecule has 3 heterocycles. The first-order chi connectivity index (χ1) is 16.0. The highest BCUT2D eigenvalue weighted by atomic mass is 19.1. The number of carbonyl (C=O) groups is 3. The van der Waals surface area contributed by atoms with E-state index in [1.807, 2.05) is 13.8 Å². The van der Waals surface area contributed by atoms with Crippen molar-refractivity contribution in [3.05, 3.63) is 35.5 Å². The van der Waals surface area contributed by atoms with Crippen LogP contribution in [0.4, 0.5) is 8.78 Å². The molecule has 3 aliphatic rings. The van der Waals surface area contributed by atoms with Gasteiger partial charge in [0.05, 0.1) is 17.5 Å². The Kier molecular flexibility index (Phi) is 4.76. The van der Waals surface area contributed by atoms with E-state index in [0.717, 1.165) is 12.1 Å². The summed E-state index contributed by atoms with van der Waals surface area (Å²) in [7, 11) is 0. The van der Waals surface area contributed by atoms with Crippen LogP contribution < -0.4 is 11.1 Å². The molecule has 2 saturated heterocycles. The van der Waals surface area contributed by atoms with Crippen molar-refractivity contribution in [1.29, 1.82) is 5.26 Å². The minimum Gasteiger partial charge on any atom is -0.368 e. The first kappa shape index (κ1) is 22.3. The van der Waals surface area contributed by atoms with E-state index in [-0.39, 0.29) is 47.3 Å². The maximum absolute atomic E-state index is 14.2. The smallest absolute Gasteiger partial charge is 0.271 e. The van der Waals surface area contributed by atoms with Crippen molar-refractivity contribution in [3.63, 3.8) is 0 Å². The summed E-state index contributed by atoms with van der Waals surface area (Å²) in [4.78, 5) is 42.4. The molecule has 2 aromatic rings. The number of primary amides is 1. The molecular formula is C24H25F2N5O3. The molecule has 4 N–H and O–H groups in total. The third kappa shape index (κ3) is 2.76. The van der Waals surface area contributed by atoms with Gasteiger partial charge in [-0.25, -0.2) is 8.78 Å². The van der Waals surface area contributed by atoms with Gasteiger partial charge in [0.15, 0.2) is 0 Å². The normalized spacial score (nSPS) is 30.0. The van der Waals surface area contributed by atoms with E-state index < -0.39 is 46.2 Å². The zero-order valence-corrected chi connectivity index (χ0v) is 18.8. The zero-order chi connectivity index (χ0) is 24.6. The van der Waals surface area contributed by atoms with Crippen LogP contribution >= 0.6 is 0 Å². The molecule has 2 aliphatic heterocycles. The van der Waals surface area contributed by atoms with Crippen LogP contribution in [0.1, 0.15) is 37.2 Å². The summed E-state index contributed by atoms with van der Waals surface area (Å²) in [6.45, 7) is 4.61. The highest BCUT2D eigenvalue weighted by Gasteiger charge is 2.83. The minimum absolute atomic E-state index is 0.0665. The van der Waals surface area contributed by atoms with E-state index in [1.54, 1.807) is 0 Å². The summed E-state index contributed by atoms with van der Waals surface area (Å²) in [6, 6.07) is 4.40. The Morgan fingerprint density at radius 1 is 1.32 bits per heavy atom. The lowest BCUT2D eigenvalue weighted by molar-refractivity contribution is -0.125. The third-order valence-corrected chi connectivity index (χ3v) is 8.49. The van der Waals surface area contributed by atoms with Crippen LogP contribution in [0, 0.1) is 51.5 Å². The molecular weight excluding hydrogens is 444 g/mol. The van der Waals surface area contributed by atoms with Gasteiger partial charge < -0.3 is 20.9 Å². The molecule has 5 rings (SSSR count). The lowest BCUT2D eigenvalue weighted by atomic mass is 9.73. The van der Waals surface area contributed by atoms with Crippen molar-refractivity contribution in [1.82, 2.24) is 15.2 Å². The first-order valence-electron chi connectivity index (χ1n) is 11.3. The summed E-state index contributed by atoms with van der Waals surface area (Å²) >= 11 is 0. The van der Waals surface area contributed by atoms with Crippen LogP contribution in [0.3, 0.4) is 0 Å². The lowest BCUT2D eigenvalue weighted by Crippen LogP contribution is -2.53.